The van der Waals surface area contributed by atoms with E-state index in [4.69, 9.17) is 17.3 Å². The van der Waals surface area contributed by atoms with Gasteiger partial charge < -0.3 is 15.6 Å². The third-order valence-electron chi connectivity index (χ3n) is 2.88. The summed E-state index contributed by atoms with van der Waals surface area (Å²) in [6.07, 6.45) is 1.58. The van der Waals surface area contributed by atoms with Crippen molar-refractivity contribution in [2.45, 2.75) is 13.5 Å². The molecule has 0 bridgehead atoms. The van der Waals surface area contributed by atoms with Crippen molar-refractivity contribution >= 4 is 28.9 Å². The van der Waals surface area contributed by atoms with E-state index >= 15 is 0 Å². The van der Waals surface area contributed by atoms with Crippen molar-refractivity contribution in [3.63, 3.8) is 0 Å². The van der Waals surface area contributed by atoms with Crippen molar-refractivity contribution in [1.82, 2.24) is 4.57 Å². The molecular formula is C14H14ClN3O2. The highest BCUT2D eigenvalue weighted by molar-refractivity contribution is 6.34. The molecule has 1 aromatic heterocycles. The molecule has 1 heterocycles. The minimum absolute atomic E-state index is 0.118. The van der Waals surface area contributed by atoms with Crippen LogP contribution in [0.25, 0.3) is 0 Å². The first-order chi connectivity index (χ1) is 9.52. The Kier molecular flexibility index (Phi) is 4.10. The lowest BCUT2D eigenvalue weighted by molar-refractivity contribution is 0.102. The molecule has 0 spiro atoms. The zero-order chi connectivity index (χ0) is 14.7. The summed E-state index contributed by atoms with van der Waals surface area (Å²) < 4.78 is 1.50. The Hall–Kier alpha value is -2.27. The van der Waals surface area contributed by atoms with Gasteiger partial charge in [-0.2, -0.15) is 0 Å². The highest BCUT2D eigenvalue weighted by Gasteiger charge is 2.12. The van der Waals surface area contributed by atoms with E-state index in [1.165, 1.54) is 10.6 Å². The largest absolute Gasteiger partial charge is 0.397 e. The molecule has 20 heavy (non-hydrogen) atoms. The summed E-state index contributed by atoms with van der Waals surface area (Å²) in [5, 5.41) is 3.02. The summed E-state index contributed by atoms with van der Waals surface area (Å²) in [6, 6.07) is 7.81. The quantitative estimate of drug-likeness (QED) is 0.852. The number of halogens is 1. The van der Waals surface area contributed by atoms with E-state index in [9.17, 15) is 9.59 Å². The van der Waals surface area contributed by atoms with Gasteiger partial charge in [-0.15, -0.1) is 0 Å². The molecule has 2 aromatic rings. The molecule has 0 fully saturated rings. The van der Waals surface area contributed by atoms with Crippen LogP contribution in [0.2, 0.25) is 5.02 Å². The van der Waals surface area contributed by atoms with Crippen LogP contribution in [0.4, 0.5) is 11.4 Å². The number of amides is 1. The zero-order valence-electron chi connectivity index (χ0n) is 10.9. The van der Waals surface area contributed by atoms with Gasteiger partial charge in [-0.1, -0.05) is 17.7 Å². The number of nitrogens with one attached hydrogen (secondary N) is 1. The van der Waals surface area contributed by atoms with Gasteiger partial charge in [0, 0.05) is 18.8 Å². The molecule has 0 radical (unpaired) electrons. The molecular weight excluding hydrogens is 278 g/mol. The fourth-order valence-corrected chi connectivity index (χ4v) is 1.96. The van der Waals surface area contributed by atoms with Crippen LogP contribution in [-0.4, -0.2) is 10.5 Å². The second kappa shape index (κ2) is 5.79. The lowest BCUT2D eigenvalue weighted by Gasteiger charge is -2.10. The summed E-state index contributed by atoms with van der Waals surface area (Å²) in [6.45, 7) is 2.38. The van der Waals surface area contributed by atoms with Crippen LogP contribution < -0.4 is 16.6 Å². The second-order valence-corrected chi connectivity index (χ2v) is 4.60. The highest BCUT2D eigenvalue weighted by Crippen LogP contribution is 2.23. The Morgan fingerprint density at radius 1 is 1.35 bits per heavy atom. The molecule has 0 atom stereocenters. The highest BCUT2D eigenvalue weighted by atomic mass is 35.5. The third kappa shape index (κ3) is 2.83. The van der Waals surface area contributed by atoms with Gasteiger partial charge in [0.25, 0.3) is 11.5 Å². The number of rotatable bonds is 3. The molecule has 3 N–H and O–H groups in total. The van der Waals surface area contributed by atoms with Crippen LogP contribution in [-0.2, 0) is 6.54 Å². The van der Waals surface area contributed by atoms with E-state index in [1.54, 1.807) is 30.5 Å². The number of aromatic nitrogens is 1. The number of carbonyl (C=O) groups excluding carboxylic acids is 1. The van der Waals surface area contributed by atoms with Gasteiger partial charge in [0.15, 0.2) is 0 Å². The first-order valence-corrected chi connectivity index (χ1v) is 6.46. The maximum Gasteiger partial charge on any atom is 0.257 e. The molecule has 1 amide bonds. The van der Waals surface area contributed by atoms with E-state index in [0.29, 0.717) is 22.8 Å². The van der Waals surface area contributed by atoms with Crippen molar-refractivity contribution < 1.29 is 4.79 Å². The number of benzene rings is 1. The average Bonchev–Trinajstić information content (AvgIpc) is 2.43. The predicted molar refractivity (Wildman–Crippen MR) is 80.2 cm³/mol. The lowest BCUT2D eigenvalue weighted by atomic mass is 10.1. The van der Waals surface area contributed by atoms with Gasteiger partial charge >= 0.3 is 0 Å². The van der Waals surface area contributed by atoms with Crippen molar-refractivity contribution in [3.05, 3.63) is 57.5 Å². The number of nitrogen functional groups attached to an aromatic ring is 1. The van der Waals surface area contributed by atoms with E-state index in [-0.39, 0.29) is 17.2 Å². The van der Waals surface area contributed by atoms with Crippen molar-refractivity contribution in [2.24, 2.45) is 0 Å². The Balaban J connectivity index is 2.28. The Labute approximate surface area is 121 Å². The van der Waals surface area contributed by atoms with Crippen LogP contribution in [0, 0.1) is 0 Å². The average molecular weight is 292 g/mol. The van der Waals surface area contributed by atoms with Crippen LogP contribution in [0.15, 0.2) is 41.3 Å². The number of nitrogens with zero attached hydrogens (tertiary/aromatic N) is 1. The number of aryl methyl sites for hydroxylation is 1. The smallest absolute Gasteiger partial charge is 0.257 e. The number of para-hydroxylation sites is 1. The molecule has 1 aromatic carbocycles. The standard InChI is InChI=1S/C14H14ClN3O2/c1-2-18-8-9(6-7-12(18)19)17-14(20)10-4-3-5-11(15)13(10)16/h3-8H,2,16H2,1H3,(H,17,20). The minimum Gasteiger partial charge on any atom is -0.397 e. The maximum atomic E-state index is 12.1. The minimum atomic E-state index is -0.369. The van der Waals surface area contributed by atoms with E-state index in [1.807, 2.05) is 6.92 Å². The van der Waals surface area contributed by atoms with Crippen LogP contribution >= 0.6 is 11.6 Å². The third-order valence-corrected chi connectivity index (χ3v) is 3.21. The summed E-state index contributed by atoms with van der Waals surface area (Å²) in [5.41, 5.74) is 6.71. The first kappa shape index (κ1) is 14.1. The van der Waals surface area contributed by atoms with Gasteiger partial charge in [0.05, 0.1) is 22.0 Å². The van der Waals surface area contributed by atoms with Gasteiger partial charge in [-0.25, -0.2) is 0 Å². The normalized spacial score (nSPS) is 10.3. The fourth-order valence-electron chi connectivity index (χ4n) is 1.79. The van der Waals surface area contributed by atoms with Gasteiger partial charge in [0.1, 0.15) is 0 Å². The van der Waals surface area contributed by atoms with Crippen molar-refractivity contribution in [2.75, 3.05) is 11.1 Å². The predicted octanol–water partition coefficient (Wildman–Crippen LogP) is 2.36. The molecule has 0 unspecified atom stereocenters. The fraction of sp³-hybridized carbons (Fsp3) is 0.143. The molecule has 0 aliphatic heterocycles. The van der Waals surface area contributed by atoms with Crippen molar-refractivity contribution in [1.29, 1.82) is 0 Å². The Morgan fingerprint density at radius 3 is 2.80 bits per heavy atom. The van der Waals surface area contributed by atoms with Gasteiger partial charge in [0.2, 0.25) is 0 Å². The number of nitrogens with two attached hydrogens (primary N) is 1. The Bertz CT molecular complexity index is 710. The lowest BCUT2D eigenvalue weighted by Crippen LogP contribution is -2.20. The topological polar surface area (TPSA) is 77.1 Å². The number of pyridine rings is 1. The SMILES string of the molecule is CCn1cc(NC(=O)c2cccc(Cl)c2N)ccc1=O. The van der Waals surface area contributed by atoms with E-state index in [2.05, 4.69) is 5.32 Å². The first-order valence-electron chi connectivity index (χ1n) is 6.08. The Morgan fingerprint density at radius 2 is 2.10 bits per heavy atom. The van der Waals surface area contributed by atoms with E-state index < -0.39 is 0 Å². The molecule has 0 saturated heterocycles. The van der Waals surface area contributed by atoms with Gasteiger partial charge in [-0.3, -0.25) is 9.59 Å². The molecule has 0 aliphatic carbocycles. The number of anilines is 2. The van der Waals surface area contributed by atoms with Crippen LogP contribution in [0.3, 0.4) is 0 Å². The molecule has 0 saturated carbocycles. The molecule has 2 rings (SSSR count). The van der Waals surface area contributed by atoms with Crippen LogP contribution in [0.5, 0.6) is 0 Å². The van der Waals surface area contributed by atoms with Crippen molar-refractivity contribution in [3.8, 4) is 0 Å². The molecule has 5 nitrogen and oxygen atoms in total. The number of hydrogen-bond acceptors (Lipinski definition) is 3. The summed E-state index contributed by atoms with van der Waals surface area (Å²) in [4.78, 5) is 23.6. The van der Waals surface area contributed by atoms with Gasteiger partial charge in [-0.05, 0) is 25.1 Å². The molecule has 104 valence electrons. The zero-order valence-corrected chi connectivity index (χ0v) is 11.6. The monoisotopic (exact) mass is 291 g/mol. The number of hydrogen-bond donors (Lipinski definition) is 2. The maximum absolute atomic E-state index is 12.1. The summed E-state index contributed by atoms with van der Waals surface area (Å²) >= 11 is 5.88. The van der Waals surface area contributed by atoms with Crippen LogP contribution in [0.1, 0.15) is 17.3 Å². The summed E-state index contributed by atoms with van der Waals surface area (Å²) in [5.74, 6) is -0.369. The molecule has 6 heteroatoms. The number of carbonyl (C=O) groups is 1. The molecule has 0 aliphatic rings. The summed E-state index contributed by atoms with van der Waals surface area (Å²) in [7, 11) is 0. The van der Waals surface area contributed by atoms with E-state index in [0.717, 1.165) is 0 Å². The second-order valence-electron chi connectivity index (χ2n) is 4.20.